The molecule has 1 N–H and O–H groups in total. The molecule has 140 valence electrons. The number of thioether (sulfide) groups is 1. The summed E-state index contributed by atoms with van der Waals surface area (Å²) in [6, 6.07) is 14.4. The van der Waals surface area contributed by atoms with Gasteiger partial charge >= 0.3 is 0 Å². The lowest BCUT2D eigenvalue weighted by atomic mass is 10.3. The molecule has 0 saturated heterocycles. The standard InChI is InChI=1S/C19H19N3O4S/c1-22(11-17(23)20-13-7-9-14(25-2)10-8-13)18(24)12-27-19-21-15-5-3-4-6-16(15)26-19/h3-10H,11-12H2,1-2H3,(H,20,23). The Balaban J connectivity index is 1.48. The van der Waals surface area contributed by atoms with Crippen LogP contribution in [0.15, 0.2) is 58.2 Å². The van der Waals surface area contributed by atoms with Crippen molar-refractivity contribution in [1.82, 2.24) is 9.88 Å². The zero-order valence-electron chi connectivity index (χ0n) is 15.0. The summed E-state index contributed by atoms with van der Waals surface area (Å²) in [6.45, 7) is -0.0427. The highest BCUT2D eigenvalue weighted by Crippen LogP contribution is 2.23. The minimum Gasteiger partial charge on any atom is -0.497 e. The van der Waals surface area contributed by atoms with Crippen LogP contribution in [-0.4, -0.2) is 48.2 Å². The van der Waals surface area contributed by atoms with E-state index in [2.05, 4.69) is 10.3 Å². The zero-order chi connectivity index (χ0) is 19.2. The van der Waals surface area contributed by atoms with Gasteiger partial charge in [0.15, 0.2) is 5.58 Å². The number of likely N-dealkylation sites (N-methyl/N-ethyl adjacent to an activating group) is 1. The van der Waals surface area contributed by atoms with Gasteiger partial charge < -0.3 is 19.4 Å². The van der Waals surface area contributed by atoms with Gasteiger partial charge in [0.1, 0.15) is 11.3 Å². The lowest BCUT2D eigenvalue weighted by Crippen LogP contribution is -2.35. The molecule has 7 nitrogen and oxygen atoms in total. The number of anilines is 1. The van der Waals surface area contributed by atoms with Crippen molar-refractivity contribution < 1.29 is 18.7 Å². The third kappa shape index (κ3) is 5.01. The lowest BCUT2D eigenvalue weighted by molar-refractivity contribution is -0.131. The monoisotopic (exact) mass is 385 g/mol. The molecular formula is C19H19N3O4S. The number of benzene rings is 2. The number of fused-ring (bicyclic) bond motifs is 1. The molecule has 0 aliphatic heterocycles. The van der Waals surface area contributed by atoms with Crippen LogP contribution in [0.5, 0.6) is 5.75 Å². The maximum absolute atomic E-state index is 12.2. The van der Waals surface area contributed by atoms with Crippen molar-refractivity contribution in [3.05, 3.63) is 48.5 Å². The van der Waals surface area contributed by atoms with Gasteiger partial charge in [-0.1, -0.05) is 23.9 Å². The van der Waals surface area contributed by atoms with Gasteiger partial charge in [-0.25, -0.2) is 4.98 Å². The number of methoxy groups -OCH3 is 1. The molecule has 0 radical (unpaired) electrons. The van der Waals surface area contributed by atoms with Gasteiger partial charge in [0.05, 0.1) is 19.4 Å². The third-order valence-electron chi connectivity index (χ3n) is 3.77. The fourth-order valence-corrected chi connectivity index (χ4v) is 3.10. The number of ether oxygens (including phenoxy) is 1. The van der Waals surface area contributed by atoms with E-state index in [4.69, 9.17) is 9.15 Å². The first kappa shape index (κ1) is 18.8. The van der Waals surface area contributed by atoms with Crippen molar-refractivity contribution in [2.24, 2.45) is 0 Å². The van der Waals surface area contributed by atoms with Crippen LogP contribution < -0.4 is 10.1 Å². The first-order chi connectivity index (χ1) is 13.0. The second-order valence-corrected chi connectivity index (χ2v) is 6.69. The number of aromatic nitrogens is 1. The fraction of sp³-hybridized carbons (Fsp3) is 0.211. The second kappa shape index (κ2) is 8.59. The first-order valence-corrected chi connectivity index (χ1v) is 9.20. The van der Waals surface area contributed by atoms with E-state index in [1.54, 1.807) is 38.4 Å². The number of hydrogen-bond acceptors (Lipinski definition) is 6. The number of rotatable bonds is 7. The Morgan fingerprint density at radius 1 is 1.19 bits per heavy atom. The Bertz CT molecular complexity index is 907. The summed E-state index contributed by atoms with van der Waals surface area (Å²) in [7, 11) is 3.16. The van der Waals surface area contributed by atoms with E-state index in [0.29, 0.717) is 22.2 Å². The minimum atomic E-state index is -0.275. The highest BCUT2D eigenvalue weighted by molar-refractivity contribution is 7.99. The van der Waals surface area contributed by atoms with E-state index < -0.39 is 0 Å². The number of carbonyl (C=O) groups is 2. The van der Waals surface area contributed by atoms with Gasteiger partial charge in [-0.15, -0.1) is 0 Å². The Kier molecular flexibility index (Phi) is 5.97. The quantitative estimate of drug-likeness (QED) is 0.630. The third-order valence-corrected chi connectivity index (χ3v) is 4.59. The number of nitrogens with zero attached hydrogens (tertiary/aromatic N) is 2. The number of amides is 2. The molecule has 0 atom stereocenters. The molecule has 27 heavy (non-hydrogen) atoms. The summed E-state index contributed by atoms with van der Waals surface area (Å²) in [5, 5.41) is 3.18. The lowest BCUT2D eigenvalue weighted by Gasteiger charge is -2.16. The number of para-hydroxylation sites is 2. The molecule has 2 amide bonds. The van der Waals surface area contributed by atoms with Crippen molar-refractivity contribution in [2.45, 2.75) is 5.22 Å². The molecule has 0 aliphatic carbocycles. The van der Waals surface area contributed by atoms with E-state index in [-0.39, 0.29) is 24.1 Å². The van der Waals surface area contributed by atoms with Crippen molar-refractivity contribution in [3.63, 3.8) is 0 Å². The van der Waals surface area contributed by atoms with Crippen molar-refractivity contribution in [1.29, 1.82) is 0 Å². The highest BCUT2D eigenvalue weighted by Gasteiger charge is 2.15. The summed E-state index contributed by atoms with van der Waals surface area (Å²) >= 11 is 1.20. The Morgan fingerprint density at radius 2 is 1.93 bits per heavy atom. The predicted molar refractivity (Wildman–Crippen MR) is 104 cm³/mol. The molecule has 0 spiro atoms. The van der Waals surface area contributed by atoms with E-state index in [1.807, 2.05) is 24.3 Å². The summed E-state index contributed by atoms with van der Waals surface area (Å²) in [4.78, 5) is 30.0. The minimum absolute atomic E-state index is 0.0427. The van der Waals surface area contributed by atoms with E-state index in [0.717, 1.165) is 5.52 Å². The van der Waals surface area contributed by atoms with Gasteiger partial charge in [-0.2, -0.15) is 0 Å². The van der Waals surface area contributed by atoms with Crippen LogP contribution in [0.1, 0.15) is 0 Å². The summed E-state index contributed by atoms with van der Waals surface area (Å²) in [5.74, 6) is 0.380. The molecule has 2 aromatic carbocycles. The molecule has 1 heterocycles. The number of nitrogens with one attached hydrogen (secondary N) is 1. The van der Waals surface area contributed by atoms with Crippen LogP contribution in [0.2, 0.25) is 0 Å². The topological polar surface area (TPSA) is 84.7 Å². The van der Waals surface area contributed by atoms with Gasteiger partial charge in [-0.3, -0.25) is 9.59 Å². The maximum Gasteiger partial charge on any atom is 0.257 e. The van der Waals surface area contributed by atoms with Crippen molar-refractivity contribution >= 4 is 40.4 Å². The summed E-state index contributed by atoms with van der Waals surface area (Å²) in [6.07, 6.45) is 0. The second-order valence-electron chi connectivity index (χ2n) is 5.76. The Labute approximate surface area is 160 Å². The summed E-state index contributed by atoms with van der Waals surface area (Å²) in [5.41, 5.74) is 2.07. The van der Waals surface area contributed by atoms with Crippen LogP contribution in [0, 0.1) is 0 Å². The molecule has 0 fully saturated rings. The van der Waals surface area contributed by atoms with Crippen LogP contribution in [0.4, 0.5) is 5.69 Å². The fourth-order valence-electron chi connectivity index (χ4n) is 2.32. The molecule has 0 saturated carbocycles. The summed E-state index contributed by atoms with van der Waals surface area (Å²) < 4.78 is 10.6. The number of hydrogen-bond donors (Lipinski definition) is 1. The van der Waals surface area contributed by atoms with Crippen LogP contribution in [0.25, 0.3) is 11.1 Å². The maximum atomic E-state index is 12.2. The van der Waals surface area contributed by atoms with Crippen LogP contribution in [-0.2, 0) is 9.59 Å². The smallest absolute Gasteiger partial charge is 0.257 e. The van der Waals surface area contributed by atoms with Crippen LogP contribution >= 0.6 is 11.8 Å². The van der Waals surface area contributed by atoms with Gasteiger partial charge in [-0.05, 0) is 36.4 Å². The molecule has 0 bridgehead atoms. The van der Waals surface area contributed by atoms with Crippen molar-refractivity contribution in [3.8, 4) is 5.75 Å². The molecule has 3 rings (SSSR count). The van der Waals surface area contributed by atoms with Gasteiger partial charge in [0.25, 0.3) is 5.22 Å². The van der Waals surface area contributed by atoms with Gasteiger partial charge in [0.2, 0.25) is 11.8 Å². The van der Waals surface area contributed by atoms with E-state index in [9.17, 15) is 9.59 Å². The molecule has 0 unspecified atom stereocenters. The largest absolute Gasteiger partial charge is 0.497 e. The molecule has 3 aromatic rings. The molecule has 0 aliphatic rings. The SMILES string of the molecule is COc1ccc(NC(=O)CN(C)C(=O)CSc2nc3ccccc3o2)cc1. The Hall–Kier alpha value is -3.00. The normalized spacial score (nSPS) is 10.6. The highest BCUT2D eigenvalue weighted by atomic mass is 32.2. The molecular weight excluding hydrogens is 366 g/mol. The predicted octanol–water partition coefficient (Wildman–Crippen LogP) is 3.03. The van der Waals surface area contributed by atoms with Gasteiger partial charge in [0, 0.05) is 12.7 Å². The molecule has 8 heteroatoms. The van der Waals surface area contributed by atoms with E-state index >= 15 is 0 Å². The first-order valence-electron chi connectivity index (χ1n) is 8.21. The average Bonchev–Trinajstić information content (AvgIpc) is 3.09. The Morgan fingerprint density at radius 3 is 2.63 bits per heavy atom. The van der Waals surface area contributed by atoms with Crippen molar-refractivity contribution in [2.75, 3.05) is 31.8 Å². The van der Waals surface area contributed by atoms with E-state index in [1.165, 1.54) is 16.7 Å². The average molecular weight is 385 g/mol. The number of oxazole rings is 1. The molecule has 1 aromatic heterocycles. The van der Waals surface area contributed by atoms with Crippen LogP contribution in [0.3, 0.4) is 0 Å². The number of carbonyl (C=O) groups excluding carboxylic acids is 2. The zero-order valence-corrected chi connectivity index (χ0v) is 15.8.